The number of likely N-dealkylation sites (N-methyl/N-ethyl adjacent to an activating group) is 1. The lowest BCUT2D eigenvalue weighted by molar-refractivity contribution is -0.123. The SMILES string of the molecule is Cc1ccc(C(=O)N=c2sc3cc(C)ccc3n2C(C)C(=O)NCCN(C)C)cc1. The third kappa shape index (κ3) is 5.04. The molecular weight excluding hydrogens is 396 g/mol. The molecule has 0 radical (unpaired) electrons. The zero-order chi connectivity index (χ0) is 21.8. The molecule has 1 N–H and O–H groups in total. The van der Waals surface area contributed by atoms with Gasteiger partial charge in [-0.1, -0.05) is 35.1 Å². The first kappa shape index (κ1) is 21.9. The second-order valence-electron chi connectivity index (χ2n) is 7.78. The van der Waals surface area contributed by atoms with Crippen LogP contribution < -0.4 is 10.1 Å². The molecular formula is C23H28N4O2S. The van der Waals surface area contributed by atoms with Gasteiger partial charge in [-0.15, -0.1) is 0 Å². The average Bonchev–Trinajstić information content (AvgIpc) is 3.04. The first-order valence-corrected chi connectivity index (χ1v) is 10.8. The predicted octanol–water partition coefficient (Wildman–Crippen LogP) is 3.30. The molecule has 1 atom stereocenters. The van der Waals surface area contributed by atoms with Crippen LogP contribution in [0, 0.1) is 13.8 Å². The Morgan fingerprint density at radius 3 is 2.43 bits per heavy atom. The zero-order valence-corrected chi connectivity index (χ0v) is 18.9. The van der Waals surface area contributed by atoms with Gasteiger partial charge in [0, 0.05) is 18.7 Å². The molecule has 0 fully saturated rings. The van der Waals surface area contributed by atoms with E-state index in [1.807, 2.05) is 68.6 Å². The highest BCUT2D eigenvalue weighted by atomic mass is 32.1. The smallest absolute Gasteiger partial charge is 0.279 e. The Morgan fingerprint density at radius 2 is 1.77 bits per heavy atom. The number of amides is 2. The van der Waals surface area contributed by atoms with Crippen LogP contribution in [-0.4, -0.2) is 48.5 Å². The largest absolute Gasteiger partial charge is 0.353 e. The molecule has 3 rings (SSSR count). The number of benzene rings is 2. The van der Waals surface area contributed by atoms with Crippen LogP contribution in [0.25, 0.3) is 10.2 Å². The van der Waals surface area contributed by atoms with Crippen LogP contribution in [0.5, 0.6) is 0 Å². The Morgan fingerprint density at radius 1 is 1.10 bits per heavy atom. The number of aromatic nitrogens is 1. The van der Waals surface area contributed by atoms with Crippen LogP contribution >= 0.6 is 11.3 Å². The van der Waals surface area contributed by atoms with Gasteiger partial charge in [-0.3, -0.25) is 9.59 Å². The molecule has 0 aliphatic rings. The van der Waals surface area contributed by atoms with Crippen molar-refractivity contribution in [1.82, 2.24) is 14.8 Å². The Labute approximate surface area is 180 Å². The molecule has 0 bridgehead atoms. The van der Waals surface area contributed by atoms with Gasteiger partial charge < -0.3 is 14.8 Å². The first-order chi connectivity index (χ1) is 14.3. The fourth-order valence-corrected chi connectivity index (χ4v) is 4.31. The number of carbonyl (C=O) groups excluding carboxylic acids is 2. The van der Waals surface area contributed by atoms with E-state index in [0.717, 1.165) is 27.9 Å². The lowest BCUT2D eigenvalue weighted by Gasteiger charge is -2.16. The summed E-state index contributed by atoms with van der Waals surface area (Å²) in [6, 6.07) is 12.9. The maximum Gasteiger partial charge on any atom is 0.279 e. The van der Waals surface area contributed by atoms with Crippen LogP contribution in [0.1, 0.15) is 34.5 Å². The molecule has 2 amide bonds. The first-order valence-electron chi connectivity index (χ1n) is 9.96. The van der Waals surface area contributed by atoms with Gasteiger partial charge in [0.2, 0.25) is 5.91 Å². The van der Waals surface area contributed by atoms with Crippen molar-refractivity contribution in [3.8, 4) is 0 Å². The van der Waals surface area contributed by atoms with Crippen molar-refractivity contribution in [2.24, 2.45) is 4.99 Å². The average molecular weight is 425 g/mol. The molecule has 0 aliphatic carbocycles. The van der Waals surface area contributed by atoms with Crippen LogP contribution in [0.15, 0.2) is 47.5 Å². The van der Waals surface area contributed by atoms with E-state index < -0.39 is 6.04 Å². The molecule has 6 nitrogen and oxygen atoms in total. The summed E-state index contributed by atoms with van der Waals surface area (Å²) in [4.78, 5) is 32.5. The molecule has 0 spiro atoms. The van der Waals surface area contributed by atoms with Crippen molar-refractivity contribution in [1.29, 1.82) is 0 Å². The van der Waals surface area contributed by atoms with Gasteiger partial charge in [0.15, 0.2) is 4.80 Å². The molecule has 0 aliphatic heterocycles. The summed E-state index contributed by atoms with van der Waals surface area (Å²) >= 11 is 1.43. The van der Waals surface area contributed by atoms with Crippen molar-refractivity contribution in [3.63, 3.8) is 0 Å². The maximum atomic E-state index is 12.8. The number of thiazole rings is 1. The van der Waals surface area contributed by atoms with Gasteiger partial charge in [0.25, 0.3) is 5.91 Å². The number of hydrogen-bond donors (Lipinski definition) is 1. The molecule has 30 heavy (non-hydrogen) atoms. The van der Waals surface area contributed by atoms with Crippen LogP contribution in [0.3, 0.4) is 0 Å². The van der Waals surface area contributed by atoms with E-state index in [1.165, 1.54) is 11.3 Å². The Hall–Kier alpha value is -2.77. The van der Waals surface area contributed by atoms with E-state index in [1.54, 1.807) is 12.1 Å². The minimum absolute atomic E-state index is 0.0960. The van der Waals surface area contributed by atoms with E-state index >= 15 is 0 Å². The Bertz CT molecular complexity index is 1130. The van der Waals surface area contributed by atoms with Gasteiger partial charge in [-0.05, 0) is 64.7 Å². The topological polar surface area (TPSA) is 66.7 Å². The van der Waals surface area contributed by atoms with Gasteiger partial charge >= 0.3 is 0 Å². The number of nitrogens with one attached hydrogen (secondary N) is 1. The molecule has 3 aromatic rings. The second-order valence-corrected chi connectivity index (χ2v) is 8.79. The third-order valence-corrected chi connectivity index (χ3v) is 5.92. The molecule has 1 heterocycles. The summed E-state index contributed by atoms with van der Waals surface area (Å²) in [5.41, 5.74) is 3.64. The highest BCUT2D eigenvalue weighted by molar-refractivity contribution is 7.16. The minimum Gasteiger partial charge on any atom is -0.353 e. The second kappa shape index (κ2) is 9.36. The molecule has 1 unspecified atom stereocenters. The van der Waals surface area contributed by atoms with Crippen molar-refractivity contribution < 1.29 is 9.59 Å². The third-order valence-electron chi connectivity index (χ3n) is 4.90. The van der Waals surface area contributed by atoms with Crippen molar-refractivity contribution in [2.75, 3.05) is 27.2 Å². The standard InChI is InChI=1S/C23H28N4O2S/c1-15-6-9-18(10-7-15)22(29)25-23-27(17(3)21(28)24-12-13-26(4)5)19-11-8-16(2)14-20(19)30-23/h6-11,14,17H,12-13H2,1-5H3,(H,24,28). The van der Waals surface area contributed by atoms with Crippen molar-refractivity contribution in [3.05, 3.63) is 64.0 Å². The molecule has 7 heteroatoms. The van der Waals surface area contributed by atoms with Gasteiger partial charge in [0.05, 0.1) is 10.2 Å². The van der Waals surface area contributed by atoms with E-state index in [-0.39, 0.29) is 11.8 Å². The lowest BCUT2D eigenvalue weighted by atomic mass is 10.1. The number of carbonyl (C=O) groups is 2. The summed E-state index contributed by atoms with van der Waals surface area (Å²) in [6.07, 6.45) is 0. The van der Waals surface area contributed by atoms with Gasteiger partial charge in [-0.2, -0.15) is 4.99 Å². The van der Waals surface area contributed by atoms with Gasteiger partial charge in [-0.25, -0.2) is 0 Å². The Balaban J connectivity index is 2.02. The van der Waals surface area contributed by atoms with Gasteiger partial charge in [0.1, 0.15) is 6.04 Å². The monoisotopic (exact) mass is 424 g/mol. The fourth-order valence-electron chi connectivity index (χ4n) is 3.12. The van der Waals surface area contributed by atoms with Crippen LogP contribution in [0.4, 0.5) is 0 Å². The number of rotatable bonds is 6. The van der Waals surface area contributed by atoms with E-state index in [0.29, 0.717) is 16.9 Å². The summed E-state index contributed by atoms with van der Waals surface area (Å²) < 4.78 is 2.86. The van der Waals surface area contributed by atoms with Crippen molar-refractivity contribution in [2.45, 2.75) is 26.8 Å². The number of nitrogens with zero attached hydrogens (tertiary/aromatic N) is 3. The van der Waals surface area contributed by atoms with Crippen LogP contribution in [0.2, 0.25) is 0 Å². The molecule has 0 saturated carbocycles. The lowest BCUT2D eigenvalue weighted by Crippen LogP contribution is -2.37. The quantitative estimate of drug-likeness (QED) is 0.660. The van der Waals surface area contributed by atoms with E-state index in [2.05, 4.69) is 16.4 Å². The molecule has 1 aromatic heterocycles. The van der Waals surface area contributed by atoms with E-state index in [9.17, 15) is 9.59 Å². The predicted molar refractivity (Wildman–Crippen MR) is 122 cm³/mol. The number of hydrogen-bond acceptors (Lipinski definition) is 4. The Kier molecular flexibility index (Phi) is 6.84. The highest BCUT2D eigenvalue weighted by Gasteiger charge is 2.20. The number of aryl methyl sites for hydroxylation is 2. The molecule has 2 aromatic carbocycles. The minimum atomic E-state index is -0.492. The zero-order valence-electron chi connectivity index (χ0n) is 18.1. The summed E-state index contributed by atoms with van der Waals surface area (Å²) in [7, 11) is 3.93. The maximum absolute atomic E-state index is 12.8. The summed E-state index contributed by atoms with van der Waals surface area (Å²) in [5, 5.41) is 2.97. The number of fused-ring (bicyclic) bond motifs is 1. The summed E-state index contributed by atoms with van der Waals surface area (Å²) in [6.45, 7) is 7.16. The fraction of sp³-hybridized carbons (Fsp3) is 0.348. The summed E-state index contributed by atoms with van der Waals surface area (Å²) in [5.74, 6) is -0.409. The van der Waals surface area contributed by atoms with Crippen molar-refractivity contribution >= 4 is 33.4 Å². The highest BCUT2D eigenvalue weighted by Crippen LogP contribution is 2.22. The molecule has 158 valence electrons. The molecule has 0 saturated heterocycles. The normalized spacial score (nSPS) is 13.1. The van der Waals surface area contributed by atoms with Crippen LogP contribution in [-0.2, 0) is 4.79 Å². The van der Waals surface area contributed by atoms with E-state index in [4.69, 9.17) is 0 Å².